The Labute approximate surface area is 279 Å². The molecule has 46 heavy (non-hydrogen) atoms. The number of hydrogen-bond donors (Lipinski definition) is 0. The average molecular weight is 694 g/mol. The molecule has 6 aliphatic carbocycles. The lowest BCUT2D eigenvalue weighted by molar-refractivity contribution is -0.879. The summed E-state index contributed by atoms with van der Waals surface area (Å²) >= 11 is 0. The van der Waals surface area contributed by atoms with Gasteiger partial charge in [0.25, 0.3) is 0 Å². The van der Waals surface area contributed by atoms with Gasteiger partial charge in [-0.15, -0.1) is 0 Å². The fraction of sp³-hybridized carbons (Fsp3) is 0.227. The van der Waals surface area contributed by atoms with Crippen molar-refractivity contribution in [2.75, 3.05) is 27.2 Å². The molecule has 6 unspecified atom stereocenters. The summed E-state index contributed by atoms with van der Waals surface area (Å²) in [6.07, 6.45) is 10.6. The van der Waals surface area contributed by atoms with Crippen molar-refractivity contribution in [3.05, 3.63) is 75.0 Å². The normalized spacial score (nSPS) is 30.0. The maximum atomic E-state index is 2.71. The highest BCUT2D eigenvalue weighted by Crippen LogP contribution is 2.72. The Kier molecular flexibility index (Phi) is 2.72. The molecule has 1 heterocycles. The maximum Gasteiger partial charge on any atom is 0.0861 e. The number of halogens is 1. The molecule has 6 atom stereocenters. The Balaban J connectivity index is 0.00000219. The lowest BCUT2D eigenvalue weighted by atomic mass is 9.74. The van der Waals surface area contributed by atoms with E-state index < -0.39 is 0 Å². The molecule has 17 rings (SSSR count). The minimum absolute atomic E-state index is 0. The monoisotopic (exact) mass is 693 g/mol. The Bertz CT molecular complexity index is 3370. The molecule has 212 valence electrons. The lowest BCUT2D eigenvalue weighted by Crippen LogP contribution is -3.00. The van der Waals surface area contributed by atoms with Gasteiger partial charge in [0.05, 0.1) is 27.2 Å². The minimum atomic E-state index is 0. The van der Waals surface area contributed by atoms with Crippen molar-refractivity contribution in [1.82, 2.24) is 0 Å². The Morgan fingerprint density at radius 1 is 0.478 bits per heavy atom. The van der Waals surface area contributed by atoms with Crippen LogP contribution in [0.4, 0.5) is 0 Å². The molecule has 0 N–H and O–H groups in total. The molecule has 7 aliphatic rings. The number of likely N-dealkylation sites (tertiary alicyclic amines) is 1. The fourth-order valence-corrected chi connectivity index (χ4v) is 14.9. The summed E-state index contributed by atoms with van der Waals surface area (Å²) in [7, 11) is 5.00. The highest BCUT2D eigenvalue weighted by molar-refractivity contribution is 6.59. The van der Waals surface area contributed by atoms with E-state index >= 15 is 0 Å². The average Bonchev–Trinajstić information content (AvgIpc) is 3.87. The Hall–Kier alpha value is -3.73. The number of benzene rings is 5. The van der Waals surface area contributed by atoms with Crippen molar-refractivity contribution in [2.24, 2.45) is 11.8 Å². The van der Waals surface area contributed by atoms with Crippen LogP contribution in [-0.4, -0.2) is 31.7 Å². The van der Waals surface area contributed by atoms with Crippen molar-refractivity contribution < 1.29 is 28.5 Å². The van der Waals surface area contributed by atoms with Crippen LogP contribution in [0, 0.1) is 11.8 Å². The maximum absolute atomic E-state index is 2.71. The van der Waals surface area contributed by atoms with Crippen LogP contribution < -0.4 is 29.2 Å². The summed E-state index contributed by atoms with van der Waals surface area (Å²) in [5, 5.41) is 31.0. The van der Waals surface area contributed by atoms with Gasteiger partial charge in [-0.05, 0) is 153 Å². The van der Waals surface area contributed by atoms with Crippen LogP contribution >= 0.6 is 0 Å². The van der Waals surface area contributed by atoms with E-state index in [1.54, 1.807) is 119 Å². The van der Waals surface area contributed by atoms with Crippen molar-refractivity contribution in [3.63, 3.8) is 0 Å². The van der Waals surface area contributed by atoms with Gasteiger partial charge in [-0.1, -0.05) is 48.6 Å². The summed E-state index contributed by atoms with van der Waals surface area (Å²) in [5.74, 6) is 3.44. The van der Waals surface area contributed by atoms with E-state index in [1.165, 1.54) is 29.2 Å². The van der Waals surface area contributed by atoms with Crippen LogP contribution in [0.3, 0.4) is 0 Å². The lowest BCUT2D eigenvalue weighted by Gasteiger charge is -2.29. The third-order valence-corrected chi connectivity index (χ3v) is 15.6. The summed E-state index contributed by atoms with van der Waals surface area (Å²) in [6, 6.07) is 10.2. The summed E-state index contributed by atoms with van der Waals surface area (Å²) < 4.78 is 1.13. The highest BCUT2D eigenvalue weighted by atomic mass is 127. The molecule has 0 amide bonds. The second-order valence-corrected chi connectivity index (χ2v) is 17.2. The zero-order valence-corrected chi connectivity index (χ0v) is 27.5. The quantitative estimate of drug-likeness (QED) is 0.0991. The SMILES string of the molecule is C[N+]1(C)CC2c3c4c5c6c3c3c(c7ccc8c9ccc%10c%11c%12c%13c%14c(c6c6c3c7c8c(c9c%10%13)c%146)=C3C5C(C=C4)C(C=C%11)C3%12)C2C1.[I-]. The summed E-state index contributed by atoms with van der Waals surface area (Å²) in [4.78, 5) is 0. The predicted octanol–water partition coefficient (Wildman–Crippen LogP) is 6.33. The smallest absolute Gasteiger partial charge is 0.0861 e. The first-order valence-electron chi connectivity index (χ1n) is 17.4. The topological polar surface area (TPSA) is 0 Å². The van der Waals surface area contributed by atoms with Gasteiger partial charge < -0.3 is 28.5 Å². The molecule has 0 aromatic heterocycles. The van der Waals surface area contributed by atoms with Crippen molar-refractivity contribution in [1.29, 1.82) is 0 Å². The van der Waals surface area contributed by atoms with E-state index in [0.717, 1.165) is 4.48 Å². The molecular weight excluding hydrogens is 669 g/mol. The summed E-state index contributed by atoms with van der Waals surface area (Å²) in [5.41, 5.74) is 12.0. The molecule has 10 aromatic rings. The van der Waals surface area contributed by atoms with Crippen LogP contribution in [0.2, 0.25) is 0 Å². The largest absolute Gasteiger partial charge is 1.00 e. The van der Waals surface area contributed by atoms with Gasteiger partial charge in [0.2, 0.25) is 0 Å². The number of nitrogens with zero attached hydrogens (tertiary/aromatic N) is 1. The molecule has 0 bridgehead atoms. The third-order valence-electron chi connectivity index (χ3n) is 15.6. The minimum Gasteiger partial charge on any atom is -1.00 e. The van der Waals surface area contributed by atoms with E-state index in [2.05, 4.69) is 62.7 Å². The van der Waals surface area contributed by atoms with Crippen molar-refractivity contribution >= 4 is 115 Å². The molecule has 1 saturated carbocycles. The number of allylic oxidation sites excluding steroid dienone is 2. The fourth-order valence-electron chi connectivity index (χ4n) is 14.9. The first-order valence-corrected chi connectivity index (χ1v) is 17.4. The van der Waals surface area contributed by atoms with Gasteiger partial charge >= 0.3 is 0 Å². The highest BCUT2D eigenvalue weighted by Gasteiger charge is 2.58. The Morgan fingerprint density at radius 3 is 1.70 bits per heavy atom. The zero-order chi connectivity index (χ0) is 28.0. The van der Waals surface area contributed by atoms with Gasteiger partial charge in [-0.25, -0.2) is 0 Å². The van der Waals surface area contributed by atoms with Crippen LogP contribution in [0.15, 0.2) is 36.4 Å². The van der Waals surface area contributed by atoms with Gasteiger partial charge in [-0.3, -0.25) is 0 Å². The second-order valence-electron chi connectivity index (χ2n) is 17.2. The predicted molar refractivity (Wildman–Crippen MR) is 188 cm³/mol. The molecule has 10 aromatic carbocycles. The zero-order valence-electron chi connectivity index (χ0n) is 25.3. The van der Waals surface area contributed by atoms with Crippen LogP contribution in [-0.2, 0) is 0 Å². The van der Waals surface area contributed by atoms with Gasteiger partial charge in [0, 0.05) is 23.7 Å². The van der Waals surface area contributed by atoms with Crippen molar-refractivity contribution in [2.45, 2.75) is 23.7 Å². The number of rotatable bonds is 0. The molecule has 2 fully saturated rings. The number of fused-ring (bicyclic) bond motifs is 8. The number of hydrogen-bond acceptors (Lipinski definition) is 0. The second kappa shape index (κ2) is 5.71. The van der Waals surface area contributed by atoms with E-state index in [1.807, 2.05) is 5.57 Å². The number of likely N-dealkylation sites (N-methyl/N-ethyl adjacent to an activating group) is 1. The molecule has 2 heteroatoms. The van der Waals surface area contributed by atoms with Gasteiger partial charge in [0.15, 0.2) is 0 Å². The van der Waals surface area contributed by atoms with Gasteiger partial charge in [-0.2, -0.15) is 0 Å². The number of quaternary nitrogens is 1. The molecule has 1 saturated heterocycles. The van der Waals surface area contributed by atoms with Crippen LogP contribution in [0.25, 0.3) is 115 Å². The third kappa shape index (κ3) is 1.58. The summed E-state index contributed by atoms with van der Waals surface area (Å²) in [6.45, 7) is 2.51. The molecule has 1 aliphatic heterocycles. The Morgan fingerprint density at radius 2 is 0.957 bits per heavy atom. The van der Waals surface area contributed by atoms with Crippen LogP contribution in [0.1, 0.15) is 57.1 Å². The molecule has 1 nitrogen and oxygen atoms in total. The first-order chi connectivity index (χ1) is 22.1. The van der Waals surface area contributed by atoms with E-state index in [-0.39, 0.29) is 24.0 Å². The molecule has 0 radical (unpaired) electrons. The van der Waals surface area contributed by atoms with E-state index in [0.29, 0.717) is 35.5 Å². The van der Waals surface area contributed by atoms with E-state index in [4.69, 9.17) is 0 Å². The van der Waals surface area contributed by atoms with E-state index in [9.17, 15) is 0 Å². The molecular formula is C44H24IN. The molecule has 0 spiro atoms. The first kappa shape index (κ1) is 22.0. The van der Waals surface area contributed by atoms with Crippen LogP contribution in [0.5, 0.6) is 0 Å². The van der Waals surface area contributed by atoms with Crippen molar-refractivity contribution in [3.8, 4) is 0 Å². The standard InChI is InChI=1S/C44H24N.HI/c1-45(2)11-21-22(12-45)24-20-10-8-18-16-6-4-14-13-3-5-15-17-7-9-19-23(21)33-34(24)39-32(20)30(18)37-28(16)26(14)35-25(13)27(15)36-29(17)31(19)38(33)43-41(36)40(35)42(37)44(39)43;/h3-10,15,17,21-22,27,29H,11-12H2,1-2H3;1H/q+1;/p-1. The van der Waals surface area contributed by atoms with Gasteiger partial charge in [0.1, 0.15) is 0 Å².